The Kier molecular flexibility index (Phi) is 4.45. The summed E-state index contributed by atoms with van der Waals surface area (Å²) in [7, 11) is 0. The number of nitrogens with zero attached hydrogens (tertiary/aromatic N) is 1. The van der Waals surface area contributed by atoms with Crippen LogP contribution >= 0.6 is 0 Å². The first-order valence-electron chi connectivity index (χ1n) is 6.80. The predicted molar refractivity (Wildman–Crippen MR) is 83.2 cm³/mol. The van der Waals surface area contributed by atoms with E-state index in [0.29, 0.717) is 17.5 Å². The second-order valence-electron chi connectivity index (χ2n) is 5.22. The number of rotatable bonds is 5. The van der Waals surface area contributed by atoms with Crippen molar-refractivity contribution in [1.29, 1.82) is 0 Å². The lowest BCUT2D eigenvalue weighted by Crippen LogP contribution is -2.11. The van der Waals surface area contributed by atoms with E-state index in [-0.39, 0.29) is 0 Å². The topological polar surface area (TPSA) is 60.2 Å². The molecule has 0 amide bonds. The molecule has 0 aliphatic carbocycles. The van der Waals surface area contributed by atoms with Gasteiger partial charge in [-0.1, -0.05) is 32.0 Å². The Morgan fingerprint density at radius 1 is 1.25 bits per heavy atom. The SMILES string of the molecule is Cc1cc(NCC(C)C)c(N)c(Oc2ccccc2)n1. The zero-order chi connectivity index (χ0) is 14.5. The minimum absolute atomic E-state index is 0.447. The molecule has 1 heterocycles. The molecule has 4 nitrogen and oxygen atoms in total. The van der Waals surface area contributed by atoms with Gasteiger partial charge in [0.05, 0.1) is 5.69 Å². The predicted octanol–water partition coefficient (Wildman–Crippen LogP) is 3.83. The molecule has 1 aromatic carbocycles. The summed E-state index contributed by atoms with van der Waals surface area (Å²) in [6, 6.07) is 11.5. The van der Waals surface area contributed by atoms with Gasteiger partial charge in [0.15, 0.2) is 0 Å². The lowest BCUT2D eigenvalue weighted by Gasteiger charge is -2.15. The number of nitrogen functional groups attached to an aromatic ring is 1. The van der Waals surface area contributed by atoms with Crippen LogP contribution in [0, 0.1) is 12.8 Å². The highest BCUT2D eigenvalue weighted by Crippen LogP contribution is 2.32. The second kappa shape index (κ2) is 6.28. The van der Waals surface area contributed by atoms with Crippen molar-refractivity contribution in [2.75, 3.05) is 17.6 Å². The molecule has 0 saturated carbocycles. The fourth-order valence-electron chi connectivity index (χ4n) is 1.79. The molecule has 4 heteroatoms. The molecule has 0 unspecified atom stereocenters. The Morgan fingerprint density at radius 2 is 1.95 bits per heavy atom. The summed E-state index contributed by atoms with van der Waals surface area (Å²) in [6.07, 6.45) is 0. The fourth-order valence-corrected chi connectivity index (χ4v) is 1.79. The summed E-state index contributed by atoms with van der Waals surface area (Å²) in [5.74, 6) is 1.72. The summed E-state index contributed by atoms with van der Waals surface area (Å²) in [4.78, 5) is 4.37. The van der Waals surface area contributed by atoms with Gasteiger partial charge in [-0.25, -0.2) is 4.98 Å². The maximum Gasteiger partial charge on any atom is 0.245 e. The van der Waals surface area contributed by atoms with E-state index in [4.69, 9.17) is 10.5 Å². The van der Waals surface area contributed by atoms with E-state index in [0.717, 1.165) is 23.7 Å². The lowest BCUT2D eigenvalue weighted by atomic mass is 10.2. The smallest absolute Gasteiger partial charge is 0.245 e. The average molecular weight is 271 g/mol. The van der Waals surface area contributed by atoms with Gasteiger partial charge in [-0.3, -0.25) is 0 Å². The summed E-state index contributed by atoms with van der Waals surface area (Å²) in [6.45, 7) is 7.09. The molecule has 0 bridgehead atoms. The van der Waals surface area contributed by atoms with Crippen molar-refractivity contribution in [3.8, 4) is 11.6 Å². The first-order chi connectivity index (χ1) is 9.56. The molecule has 0 aliphatic heterocycles. The van der Waals surface area contributed by atoms with E-state index >= 15 is 0 Å². The number of para-hydroxylation sites is 1. The van der Waals surface area contributed by atoms with Gasteiger partial charge in [0.1, 0.15) is 11.4 Å². The summed E-state index contributed by atoms with van der Waals surface area (Å²) >= 11 is 0. The van der Waals surface area contributed by atoms with E-state index < -0.39 is 0 Å². The monoisotopic (exact) mass is 271 g/mol. The summed E-state index contributed by atoms with van der Waals surface area (Å²) in [5.41, 5.74) is 8.42. The largest absolute Gasteiger partial charge is 0.437 e. The van der Waals surface area contributed by atoms with Gasteiger partial charge in [-0.05, 0) is 31.0 Å². The van der Waals surface area contributed by atoms with Gasteiger partial charge in [-0.15, -0.1) is 0 Å². The van der Waals surface area contributed by atoms with E-state index in [1.807, 2.05) is 43.3 Å². The number of anilines is 2. The maximum absolute atomic E-state index is 6.14. The van der Waals surface area contributed by atoms with Crippen molar-refractivity contribution in [1.82, 2.24) is 4.98 Å². The average Bonchev–Trinajstić information content (AvgIpc) is 2.42. The molecule has 0 atom stereocenters. The third-order valence-electron chi connectivity index (χ3n) is 2.81. The van der Waals surface area contributed by atoms with Crippen molar-refractivity contribution >= 4 is 11.4 Å². The molecule has 0 fully saturated rings. The molecular formula is C16H21N3O. The quantitative estimate of drug-likeness (QED) is 0.867. The van der Waals surface area contributed by atoms with Crippen molar-refractivity contribution in [3.05, 3.63) is 42.1 Å². The molecule has 3 N–H and O–H groups in total. The van der Waals surface area contributed by atoms with E-state index in [1.54, 1.807) is 0 Å². The Morgan fingerprint density at radius 3 is 2.60 bits per heavy atom. The molecule has 20 heavy (non-hydrogen) atoms. The van der Waals surface area contributed by atoms with Crippen molar-refractivity contribution in [2.45, 2.75) is 20.8 Å². The minimum atomic E-state index is 0.447. The van der Waals surface area contributed by atoms with Crippen LogP contribution < -0.4 is 15.8 Å². The van der Waals surface area contributed by atoms with Crippen LogP contribution in [0.1, 0.15) is 19.5 Å². The molecule has 0 radical (unpaired) electrons. The number of aryl methyl sites for hydroxylation is 1. The van der Waals surface area contributed by atoms with E-state index in [2.05, 4.69) is 24.1 Å². The van der Waals surface area contributed by atoms with E-state index in [1.165, 1.54) is 0 Å². The van der Waals surface area contributed by atoms with Crippen LogP contribution in [0.15, 0.2) is 36.4 Å². The summed E-state index contributed by atoms with van der Waals surface area (Å²) < 4.78 is 5.76. The maximum atomic E-state index is 6.14. The highest BCUT2D eigenvalue weighted by Gasteiger charge is 2.11. The third-order valence-corrected chi connectivity index (χ3v) is 2.81. The fraction of sp³-hybridized carbons (Fsp3) is 0.312. The number of hydrogen-bond acceptors (Lipinski definition) is 4. The van der Waals surface area contributed by atoms with Crippen LogP contribution in [0.3, 0.4) is 0 Å². The van der Waals surface area contributed by atoms with Gasteiger partial charge in [0.25, 0.3) is 0 Å². The Labute approximate surface area is 120 Å². The van der Waals surface area contributed by atoms with Crippen molar-refractivity contribution < 1.29 is 4.74 Å². The van der Waals surface area contributed by atoms with Crippen LogP contribution in [-0.4, -0.2) is 11.5 Å². The number of aromatic nitrogens is 1. The van der Waals surface area contributed by atoms with Crippen LogP contribution in [0.4, 0.5) is 11.4 Å². The van der Waals surface area contributed by atoms with Crippen LogP contribution in [0.25, 0.3) is 0 Å². The standard InChI is InChI=1S/C16H21N3O/c1-11(2)10-18-14-9-12(3)19-16(15(14)17)20-13-7-5-4-6-8-13/h4-9,11H,10,17H2,1-3H3,(H,18,19). The number of benzene rings is 1. The van der Waals surface area contributed by atoms with Gasteiger partial charge >= 0.3 is 0 Å². The minimum Gasteiger partial charge on any atom is -0.437 e. The highest BCUT2D eigenvalue weighted by atomic mass is 16.5. The van der Waals surface area contributed by atoms with Crippen molar-refractivity contribution in [3.63, 3.8) is 0 Å². The Bertz CT molecular complexity index is 567. The zero-order valence-electron chi connectivity index (χ0n) is 12.2. The molecule has 106 valence electrons. The first-order valence-corrected chi connectivity index (χ1v) is 6.80. The van der Waals surface area contributed by atoms with Gasteiger partial charge in [0, 0.05) is 12.2 Å². The molecule has 0 aliphatic rings. The molecular weight excluding hydrogens is 250 g/mol. The van der Waals surface area contributed by atoms with Gasteiger partial charge < -0.3 is 15.8 Å². The molecule has 0 spiro atoms. The van der Waals surface area contributed by atoms with E-state index in [9.17, 15) is 0 Å². The van der Waals surface area contributed by atoms with Crippen molar-refractivity contribution in [2.24, 2.45) is 5.92 Å². The normalized spacial score (nSPS) is 10.6. The first kappa shape index (κ1) is 14.2. The summed E-state index contributed by atoms with van der Waals surface area (Å²) in [5, 5.41) is 3.33. The third kappa shape index (κ3) is 3.63. The molecule has 1 aromatic heterocycles. The number of ether oxygens (including phenoxy) is 1. The number of pyridine rings is 1. The number of hydrogen-bond donors (Lipinski definition) is 2. The zero-order valence-corrected chi connectivity index (χ0v) is 12.2. The molecule has 2 aromatic rings. The number of nitrogens with one attached hydrogen (secondary N) is 1. The lowest BCUT2D eigenvalue weighted by molar-refractivity contribution is 0.464. The highest BCUT2D eigenvalue weighted by molar-refractivity contribution is 5.71. The van der Waals surface area contributed by atoms with Crippen LogP contribution in [0.5, 0.6) is 11.6 Å². The Hall–Kier alpha value is -2.23. The van der Waals surface area contributed by atoms with Crippen LogP contribution in [0.2, 0.25) is 0 Å². The molecule has 2 rings (SSSR count). The van der Waals surface area contributed by atoms with Gasteiger partial charge in [0.2, 0.25) is 5.88 Å². The van der Waals surface area contributed by atoms with Crippen LogP contribution in [-0.2, 0) is 0 Å². The number of nitrogens with two attached hydrogens (primary N) is 1. The molecule has 0 saturated heterocycles. The van der Waals surface area contributed by atoms with Gasteiger partial charge in [-0.2, -0.15) is 0 Å². The second-order valence-corrected chi connectivity index (χ2v) is 5.22. The Balaban J connectivity index is 2.24.